The van der Waals surface area contributed by atoms with Crippen LogP contribution in [0.25, 0.3) is 0 Å². The molecule has 1 aromatic carbocycles. The number of carbonyl (C=O) groups is 1. The third-order valence-electron chi connectivity index (χ3n) is 3.86. The Balaban J connectivity index is 1.93. The maximum atomic E-state index is 13.6. The molecule has 9 heteroatoms. The number of nitrogens with one attached hydrogen (secondary N) is 1. The van der Waals surface area contributed by atoms with E-state index in [0.29, 0.717) is 25.7 Å². The molecular weight excluding hydrogens is 340 g/mol. The summed E-state index contributed by atoms with van der Waals surface area (Å²) >= 11 is 0. The molecule has 1 N–H and O–H groups in total. The zero-order chi connectivity index (χ0) is 17.5. The fourth-order valence-corrected chi connectivity index (χ4v) is 3.67. The molecule has 0 fully saturated rings. The van der Waals surface area contributed by atoms with Crippen LogP contribution in [0.2, 0.25) is 0 Å². The first-order valence-corrected chi connectivity index (χ1v) is 8.77. The summed E-state index contributed by atoms with van der Waals surface area (Å²) in [7, 11) is -4.09. The average molecular weight is 355 g/mol. The van der Waals surface area contributed by atoms with Crippen LogP contribution in [0.3, 0.4) is 0 Å². The van der Waals surface area contributed by atoms with Gasteiger partial charge in [0.15, 0.2) is 0 Å². The molecule has 0 spiro atoms. The number of halogens is 2. The number of hydrogen-bond donors (Lipinski definition) is 1. The second kappa shape index (κ2) is 5.90. The summed E-state index contributed by atoms with van der Waals surface area (Å²) in [5.74, 6) is -2.08. The van der Waals surface area contributed by atoms with Gasteiger partial charge in [0.05, 0.1) is 5.69 Å². The smallest absolute Gasteiger partial charge is 0.270 e. The summed E-state index contributed by atoms with van der Waals surface area (Å²) in [5.41, 5.74) is -0.0925. The van der Waals surface area contributed by atoms with Gasteiger partial charge in [-0.3, -0.25) is 9.52 Å². The minimum Gasteiger partial charge on any atom is -0.340 e. The van der Waals surface area contributed by atoms with Crippen molar-refractivity contribution in [1.29, 1.82) is 0 Å². The summed E-state index contributed by atoms with van der Waals surface area (Å²) in [6.07, 6.45) is 1.34. The number of sulfonamides is 1. The van der Waals surface area contributed by atoms with Gasteiger partial charge in [-0.05, 0) is 25.1 Å². The van der Waals surface area contributed by atoms with Gasteiger partial charge in [0, 0.05) is 31.9 Å². The number of anilines is 1. The third kappa shape index (κ3) is 2.86. The van der Waals surface area contributed by atoms with Gasteiger partial charge in [0.1, 0.15) is 22.2 Å². The predicted octanol–water partition coefficient (Wildman–Crippen LogP) is 2.04. The molecule has 0 radical (unpaired) electrons. The molecule has 2 aromatic rings. The SMILES string of the molecule is CCN1CCn2cc(S(=O)(=O)Nc3ccc(F)cc3F)cc2C1=O. The van der Waals surface area contributed by atoms with Gasteiger partial charge in [-0.15, -0.1) is 0 Å². The number of rotatable bonds is 4. The van der Waals surface area contributed by atoms with Crippen LogP contribution in [0.5, 0.6) is 0 Å². The second-order valence-corrected chi connectivity index (χ2v) is 7.05. The highest BCUT2D eigenvalue weighted by atomic mass is 32.2. The molecule has 2 heterocycles. The van der Waals surface area contributed by atoms with Crippen LogP contribution in [0.1, 0.15) is 17.4 Å². The Labute approximate surface area is 137 Å². The molecule has 0 saturated carbocycles. The van der Waals surface area contributed by atoms with Crippen molar-refractivity contribution in [3.05, 3.63) is 47.8 Å². The van der Waals surface area contributed by atoms with E-state index < -0.39 is 21.7 Å². The van der Waals surface area contributed by atoms with E-state index in [1.165, 1.54) is 12.3 Å². The van der Waals surface area contributed by atoms with Crippen molar-refractivity contribution < 1.29 is 22.0 Å². The second-order valence-electron chi connectivity index (χ2n) is 5.37. The molecule has 24 heavy (non-hydrogen) atoms. The number of nitrogens with zero attached hydrogens (tertiary/aromatic N) is 2. The van der Waals surface area contributed by atoms with Crippen molar-refractivity contribution in [2.45, 2.75) is 18.4 Å². The van der Waals surface area contributed by atoms with Crippen LogP contribution in [0, 0.1) is 11.6 Å². The van der Waals surface area contributed by atoms with Crippen LogP contribution in [-0.2, 0) is 16.6 Å². The van der Waals surface area contributed by atoms with E-state index >= 15 is 0 Å². The Morgan fingerprint density at radius 2 is 1.96 bits per heavy atom. The lowest BCUT2D eigenvalue weighted by molar-refractivity contribution is 0.0715. The first-order valence-electron chi connectivity index (χ1n) is 7.29. The maximum Gasteiger partial charge on any atom is 0.270 e. The van der Waals surface area contributed by atoms with Gasteiger partial charge in [0.25, 0.3) is 15.9 Å². The zero-order valence-corrected chi connectivity index (χ0v) is 13.6. The van der Waals surface area contributed by atoms with E-state index in [2.05, 4.69) is 4.72 Å². The average Bonchev–Trinajstić information content (AvgIpc) is 2.96. The molecule has 0 atom stereocenters. The van der Waals surface area contributed by atoms with Crippen molar-refractivity contribution in [3.63, 3.8) is 0 Å². The molecular formula is C15H15F2N3O3S. The number of carbonyl (C=O) groups excluding carboxylic acids is 1. The topological polar surface area (TPSA) is 71.4 Å². The maximum absolute atomic E-state index is 13.6. The Morgan fingerprint density at radius 1 is 1.21 bits per heavy atom. The van der Waals surface area contributed by atoms with E-state index in [-0.39, 0.29) is 22.2 Å². The number of benzene rings is 1. The van der Waals surface area contributed by atoms with Gasteiger partial charge >= 0.3 is 0 Å². The van der Waals surface area contributed by atoms with E-state index in [0.717, 1.165) is 12.1 Å². The fourth-order valence-electron chi connectivity index (χ4n) is 2.56. The molecule has 0 bridgehead atoms. The molecule has 1 amide bonds. The molecule has 3 rings (SSSR count). The van der Waals surface area contributed by atoms with Gasteiger partial charge in [-0.25, -0.2) is 17.2 Å². The molecule has 6 nitrogen and oxygen atoms in total. The number of fused-ring (bicyclic) bond motifs is 1. The standard InChI is InChI=1S/C15H15F2N3O3S/c1-2-19-5-6-20-9-11(8-14(20)15(19)21)24(22,23)18-13-4-3-10(16)7-12(13)17/h3-4,7-9,18H,2,5-6H2,1H3. The molecule has 0 aliphatic carbocycles. The molecule has 0 saturated heterocycles. The quantitative estimate of drug-likeness (QED) is 0.912. The highest BCUT2D eigenvalue weighted by Gasteiger charge is 2.28. The lowest BCUT2D eigenvalue weighted by atomic mass is 10.3. The minimum atomic E-state index is -4.09. The predicted molar refractivity (Wildman–Crippen MR) is 83.2 cm³/mol. The van der Waals surface area contributed by atoms with Crippen molar-refractivity contribution >= 4 is 21.6 Å². The van der Waals surface area contributed by atoms with Gasteiger partial charge in [-0.1, -0.05) is 0 Å². The van der Waals surface area contributed by atoms with E-state index in [1.807, 2.05) is 6.92 Å². The highest BCUT2D eigenvalue weighted by Crippen LogP contribution is 2.23. The number of likely N-dealkylation sites (N-methyl/N-ethyl adjacent to an activating group) is 1. The highest BCUT2D eigenvalue weighted by molar-refractivity contribution is 7.92. The normalized spacial score (nSPS) is 14.6. The Kier molecular flexibility index (Phi) is 4.04. The number of amides is 1. The Hall–Kier alpha value is -2.42. The van der Waals surface area contributed by atoms with Crippen LogP contribution in [0.4, 0.5) is 14.5 Å². The Morgan fingerprint density at radius 3 is 2.62 bits per heavy atom. The van der Waals surface area contributed by atoms with Gasteiger partial charge < -0.3 is 9.47 Å². The summed E-state index contributed by atoms with van der Waals surface area (Å²) in [4.78, 5) is 13.7. The summed E-state index contributed by atoms with van der Waals surface area (Å²) < 4.78 is 55.0. The van der Waals surface area contributed by atoms with Crippen molar-refractivity contribution in [2.24, 2.45) is 0 Å². The van der Waals surface area contributed by atoms with Crippen LogP contribution in [0.15, 0.2) is 35.4 Å². The van der Waals surface area contributed by atoms with Crippen molar-refractivity contribution in [2.75, 3.05) is 17.8 Å². The van der Waals surface area contributed by atoms with E-state index in [4.69, 9.17) is 0 Å². The molecule has 1 aliphatic heterocycles. The molecule has 128 valence electrons. The summed E-state index contributed by atoms with van der Waals surface area (Å²) in [6.45, 7) is 3.35. The molecule has 1 aliphatic rings. The first kappa shape index (κ1) is 16.4. The summed E-state index contributed by atoms with van der Waals surface area (Å²) in [6, 6.07) is 3.80. The van der Waals surface area contributed by atoms with Gasteiger partial charge in [-0.2, -0.15) is 0 Å². The van der Waals surface area contributed by atoms with Crippen LogP contribution < -0.4 is 4.72 Å². The lowest BCUT2D eigenvalue weighted by Crippen LogP contribution is -2.39. The van der Waals surface area contributed by atoms with Crippen LogP contribution in [-0.4, -0.2) is 36.9 Å². The minimum absolute atomic E-state index is 0.146. The lowest BCUT2D eigenvalue weighted by Gasteiger charge is -2.26. The summed E-state index contributed by atoms with van der Waals surface area (Å²) in [5, 5.41) is 0. The largest absolute Gasteiger partial charge is 0.340 e. The molecule has 0 unspecified atom stereocenters. The molecule has 1 aromatic heterocycles. The fraction of sp³-hybridized carbons (Fsp3) is 0.267. The van der Waals surface area contributed by atoms with Crippen molar-refractivity contribution in [3.8, 4) is 0 Å². The van der Waals surface area contributed by atoms with E-state index in [9.17, 15) is 22.0 Å². The first-order chi connectivity index (χ1) is 11.3. The van der Waals surface area contributed by atoms with Crippen LogP contribution >= 0.6 is 0 Å². The van der Waals surface area contributed by atoms with E-state index in [1.54, 1.807) is 9.47 Å². The Bertz CT molecular complexity index is 909. The zero-order valence-electron chi connectivity index (χ0n) is 12.8. The van der Waals surface area contributed by atoms with Crippen molar-refractivity contribution in [1.82, 2.24) is 9.47 Å². The van der Waals surface area contributed by atoms with Gasteiger partial charge in [0.2, 0.25) is 0 Å². The third-order valence-corrected chi connectivity index (χ3v) is 5.19. The monoisotopic (exact) mass is 355 g/mol. The number of hydrogen-bond acceptors (Lipinski definition) is 3. The number of aromatic nitrogens is 1.